The second-order valence-corrected chi connectivity index (χ2v) is 7.67. The van der Waals surface area contributed by atoms with E-state index >= 15 is 0 Å². The van der Waals surface area contributed by atoms with Crippen LogP contribution < -0.4 is 16.6 Å². The number of benzene rings is 2. The smallest absolute Gasteiger partial charge is 0.117 e. The molecule has 1 aliphatic heterocycles. The van der Waals surface area contributed by atoms with Crippen molar-refractivity contribution in [2.75, 3.05) is 5.01 Å². The zero-order chi connectivity index (χ0) is 21.0. The van der Waals surface area contributed by atoms with E-state index in [1.807, 2.05) is 24.3 Å². The Labute approximate surface area is 181 Å². The molecular formula is C22H23Cl2N5. The molecule has 29 heavy (non-hydrogen) atoms. The SMILES string of the molecule is C=C1C=C(c2cc(Cl)ccc2N(N)/C=C(\N)Cl)N=CN1C(C)Cc1ccccc1. The quantitative estimate of drug-likeness (QED) is 0.392. The Morgan fingerprint density at radius 3 is 2.66 bits per heavy atom. The molecule has 0 aliphatic carbocycles. The molecular weight excluding hydrogens is 405 g/mol. The first kappa shape index (κ1) is 21.0. The zero-order valence-electron chi connectivity index (χ0n) is 16.1. The zero-order valence-corrected chi connectivity index (χ0v) is 17.6. The molecule has 0 aromatic heterocycles. The maximum absolute atomic E-state index is 6.21. The van der Waals surface area contributed by atoms with Crippen LogP contribution in [0.3, 0.4) is 0 Å². The molecule has 0 saturated carbocycles. The lowest BCUT2D eigenvalue weighted by Crippen LogP contribution is -2.33. The van der Waals surface area contributed by atoms with Crippen LogP contribution in [-0.4, -0.2) is 17.3 Å². The molecule has 3 rings (SSSR count). The summed E-state index contributed by atoms with van der Waals surface area (Å²) in [6.45, 7) is 6.35. The van der Waals surface area contributed by atoms with Gasteiger partial charge in [0.25, 0.3) is 0 Å². The van der Waals surface area contributed by atoms with Crippen LogP contribution in [0.5, 0.6) is 0 Å². The summed E-state index contributed by atoms with van der Waals surface area (Å²) in [5, 5.41) is 1.98. The predicted molar refractivity (Wildman–Crippen MR) is 123 cm³/mol. The van der Waals surface area contributed by atoms with Crippen LogP contribution in [0.1, 0.15) is 18.1 Å². The highest BCUT2D eigenvalue weighted by Gasteiger charge is 2.20. The van der Waals surface area contributed by atoms with Gasteiger partial charge in [-0.05, 0) is 43.2 Å². The molecule has 2 aromatic rings. The van der Waals surface area contributed by atoms with Crippen molar-refractivity contribution in [2.45, 2.75) is 19.4 Å². The first-order valence-corrected chi connectivity index (χ1v) is 9.84. The molecule has 1 aliphatic rings. The van der Waals surface area contributed by atoms with Gasteiger partial charge in [-0.15, -0.1) is 0 Å². The van der Waals surface area contributed by atoms with Crippen molar-refractivity contribution in [3.63, 3.8) is 0 Å². The molecule has 7 heteroatoms. The van der Waals surface area contributed by atoms with Crippen molar-refractivity contribution in [2.24, 2.45) is 16.6 Å². The third kappa shape index (κ3) is 5.21. The van der Waals surface area contributed by atoms with E-state index in [9.17, 15) is 0 Å². The van der Waals surface area contributed by atoms with Crippen molar-refractivity contribution >= 4 is 40.9 Å². The van der Waals surface area contributed by atoms with Crippen LogP contribution in [0, 0.1) is 0 Å². The van der Waals surface area contributed by atoms with Crippen molar-refractivity contribution in [1.29, 1.82) is 0 Å². The van der Waals surface area contributed by atoms with Gasteiger partial charge in [0, 0.05) is 22.3 Å². The number of hydrogen-bond donors (Lipinski definition) is 2. The Bertz CT molecular complexity index is 978. The Kier molecular flexibility index (Phi) is 6.64. The van der Waals surface area contributed by atoms with Gasteiger partial charge in [-0.3, -0.25) is 5.01 Å². The minimum absolute atomic E-state index is 0.0693. The molecule has 1 heterocycles. The van der Waals surface area contributed by atoms with Crippen LogP contribution in [0.2, 0.25) is 5.02 Å². The number of nitrogens with two attached hydrogens (primary N) is 2. The summed E-state index contributed by atoms with van der Waals surface area (Å²) in [5.74, 6) is 6.09. The van der Waals surface area contributed by atoms with Gasteiger partial charge in [-0.1, -0.05) is 60.1 Å². The second kappa shape index (κ2) is 9.18. The maximum atomic E-state index is 6.21. The minimum Gasteiger partial charge on any atom is -0.388 e. The molecule has 0 fully saturated rings. The number of aliphatic imine (C=N–C) groups is 1. The highest BCUT2D eigenvalue weighted by Crippen LogP contribution is 2.33. The summed E-state index contributed by atoms with van der Waals surface area (Å²) in [6.07, 6.45) is 6.01. The molecule has 4 N–H and O–H groups in total. The number of hydrogen-bond acceptors (Lipinski definition) is 5. The Morgan fingerprint density at radius 1 is 1.28 bits per heavy atom. The Balaban J connectivity index is 1.85. The molecule has 0 saturated heterocycles. The monoisotopic (exact) mass is 427 g/mol. The number of rotatable bonds is 6. The van der Waals surface area contributed by atoms with Gasteiger partial charge >= 0.3 is 0 Å². The molecule has 0 radical (unpaired) electrons. The molecule has 5 nitrogen and oxygen atoms in total. The summed E-state index contributed by atoms with van der Waals surface area (Å²) >= 11 is 12.0. The number of anilines is 1. The van der Waals surface area contributed by atoms with Gasteiger partial charge in [0.05, 0.1) is 23.9 Å². The molecule has 2 aromatic carbocycles. The number of nitrogens with zero attached hydrogens (tertiary/aromatic N) is 3. The lowest BCUT2D eigenvalue weighted by molar-refractivity contribution is 0.415. The number of hydrazine groups is 1. The summed E-state index contributed by atoms with van der Waals surface area (Å²) in [7, 11) is 0. The van der Waals surface area contributed by atoms with Crippen LogP contribution >= 0.6 is 23.2 Å². The van der Waals surface area contributed by atoms with Gasteiger partial charge in [-0.25, -0.2) is 10.8 Å². The van der Waals surface area contributed by atoms with E-state index in [2.05, 4.69) is 35.5 Å². The normalized spacial score (nSPS) is 15.3. The first-order chi connectivity index (χ1) is 13.8. The standard InChI is InChI=1S/C22H23Cl2N5/c1-15(10-17-6-4-3-5-7-17)28-14-27-20(11-16(28)2)19-12-18(23)8-9-21(19)29(26)13-22(24)25/h3-9,11-15H,2,10,25-26H2,1H3/b22-13-. The summed E-state index contributed by atoms with van der Waals surface area (Å²) < 4.78 is 0. The fourth-order valence-electron chi connectivity index (χ4n) is 3.21. The van der Waals surface area contributed by atoms with Gasteiger partial charge < -0.3 is 10.6 Å². The molecule has 150 valence electrons. The van der Waals surface area contributed by atoms with Gasteiger partial charge in [0.1, 0.15) is 5.16 Å². The summed E-state index contributed by atoms with van der Waals surface area (Å²) in [6, 6.07) is 15.9. The minimum atomic E-state index is 0.0693. The van der Waals surface area contributed by atoms with Crippen molar-refractivity contribution in [3.05, 3.63) is 94.4 Å². The third-order valence-electron chi connectivity index (χ3n) is 4.58. The van der Waals surface area contributed by atoms with Crippen LogP contribution in [0.25, 0.3) is 5.70 Å². The maximum Gasteiger partial charge on any atom is 0.117 e. The molecule has 0 spiro atoms. The van der Waals surface area contributed by atoms with Gasteiger partial charge in [0.2, 0.25) is 0 Å². The Morgan fingerprint density at radius 2 is 2.00 bits per heavy atom. The average molecular weight is 428 g/mol. The van der Waals surface area contributed by atoms with E-state index in [0.717, 1.165) is 17.7 Å². The van der Waals surface area contributed by atoms with Gasteiger partial charge in [-0.2, -0.15) is 0 Å². The Hall–Kier alpha value is -2.73. The number of allylic oxidation sites excluding steroid dienone is 1. The third-order valence-corrected chi connectivity index (χ3v) is 4.91. The summed E-state index contributed by atoms with van der Waals surface area (Å²) in [4.78, 5) is 6.69. The van der Waals surface area contributed by atoms with E-state index in [1.54, 1.807) is 24.5 Å². The summed E-state index contributed by atoms with van der Waals surface area (Å²) in [5.41, 5.74) is 9.75. The first-order valence-electron chi connectivity index (χ1n) is 9.09. The van der Waals surface area contributed by atoms with E-state index in [4.69, 9.17) is 34.8 Å². The largest absolute Gasteiger partial charge is 0.388 e. The van der Waals surface area contributed by atoms with Crippen molar-refractivity contribution < 1.29 is 0 Å². The topological polar surface area (TPSA) is 70.9 Å². The number of halogens is 2. The van der Waals surface area contributed by atoms with Crippen LogP contribution in [0.15, 0.2) is 83.2 Å². The van der Waals surface area contributed by atoms with E-state index in [0.29, 0.717) is 16.4 Å². The second-order valence-electron chi connectivity index (χ2n) is 6.79. The van der Waals surface area contributed by atoms with Gasteiger partial charge in [0.15, 0.2) is 0 Å². The molecule has 1 unspecified atom stereocenters. The highest BCUT2D eigenvalue weighted by atomic mass is 35.5. The molecule has 1 atom stereocenters. The molecule has 0 amide bonds. The van der Waals surface area contributed by atoms with Crippen LogP contribution in [-0.2, 0) is 6.42 Å². The van der Waals surface area contributed by atoms with E-state index in [-0.39, 0.29) is 11.2 Å². The van der Waals surface area contributed by atoms with E-state index < -0.39 is 0 Å². The highest BCUT2D eigenvalue weighted by molar-refractivity contribution is 6.31. The van der Waals surface area contributed by atoms with Crippen molar-refractivity contribution in [3.8, 4) is 0 Å². The fourth-order valence-corrected chi connectivity index (χ4v) is 3.48. The lowest BCUT2D eigenvalue weighted by atomic mass is 10.0. The van der Waals surface area contributed by atoms with Crippen molar-refractivity contribution in [1.82, 2.24) is 4.90 Å². The lowest BCUT2D eigenvalue weighted by Gasteiger charge is -2.30. The predicted octanol–water partition coefficient (Wildman–Crippen LogP) is 4.85. The molecule has 0 bridgehead atoms. The van der Waals surface area contributed by atoms with E-state index in [1.165, 1.54) is 16.8 Å². The van der Waals surface area contributed by atoms with Crippen LogP contribution in [0.4, 0.5) is 5.69 Å². The average Bonchev–Trinajstić information content (AvgIpc) is 2.67. The fraction of sp³-hybridized carbons (Fsp3) is 0.136.